The zero-order chi connectivity index (χ0) is 16.9. The van der Waals surface area contributed by atoms with E-state index in [4.69, 9.17) is 4.74 Å². The van der Waals surface area contributed by atoms with Gasteiger partial charge in [0.05, 0.1) is 4.90 Å². The Kier molecular flexibility index (Phi) is 6.17. The molecule has 0 spiro atoms. The number of hydrogen-bond donors (Lipinski definition) is 0. The molecular formula is C16H23NO4S. The molecule has 5 nitrogen and oxygen atoms in total. The molecule has 1 aromatic rings. The van der Waals surface area contributed by atoms with E-state index in [1.165, 1.54) is 20.2 Å². The molecule has 22 heavy (non-hydrogen) atoms. The number of ether oxygens (including phenoxy) is 1. The first-order valence-corrected chi connectivity index (χ1v) is 8.49. The first kappa shape index (κ1) is 18.2. The van der Waals surface area contributed by atoms with Gasteiger partial charge in [0.2, 0.25) is 0 Å². The van der Waals surface area contributed by atoms with Crippen LogP contribution in [0.4, 0.5) is 0 Å². The van der Waals surface area contributed by atoms with E-state index in [1.807, 2.05) is 13.8 Å². The Morgan fingerprint density at radius 2 is 1.77 bits per heavy atom. The summed E-state index contributed by atoms with van der Waals surface area (Å²) < 4.78 is 31.0. The molecule has 0 saturated carbocycles. The molecule has 0 aliphatic carbocycles. The predicted molar refractivity (Wildman–Crippen MR) is 85.7 cm³/mol. The summed E-state index contributed by atoms with van der Waals surface area (Å²) in [6.07, 6.45) is 2.88. The first-order chi connectivity index (χ1) is 10.1. The number of rotatable bonds is 6. The van der Waals surface area contributed by atoms with Crippen LogP contribution in [0.25, 0.3) is 0 Å². The van der Waals surface area contributed by atoms with Crippen LogP contribution in [0.5, 0.6) is 0 Å². The zero-order valence-corrected chi connectivity index (χ0v) is 14.4. The number of nitrogens with zero attached hydrogens (tertiary/aromatic N) is 1. The van der Waals surface area contributed by atoms with Crippen LogP contribution in [-0.2, 0) is 19.6 Å². The Labute approximate surface area is 132 Å². The molecule has 6 heteroatoms. The highest BCUT2D eigenvalue weighted by Crippen LogP contribution is 2.16. The maximum atomic E-state index is 12.4. The number of sulfonamides is 1. The van der Waals surface area contributed by atoms with Crippen LogP contribution in [0.2, 0.25) is 0 Å². The van der Waals surface area contributed by atoms with Gasteiger partial charge < -0.3 is 4.74 Å². The van der Waals surface area contributed by atoms with Crippen molar-refractivity contribution in [1.29, 1.82) is 0 Å². The molecule has 0 bridgehead atoms. The van der Waals surface area contributed by atoms with E-state index in [1.54, 1.807) is 37.3 Å². The molecule has 0 N–H and O–H groups in total. The summed E-state index contributed by atoms with van der Waals surface area (Å²) >= 11 is 0. The van der Waals surface area contributed by atoms with Gasteiger partial charge in [-0.25, -0.2) is 8.42 Å². The fourth-order valence-corrected chi connectivity index (χ4v) is 2.78. The minimum absolute atomic E-state index is 0.0976. The summed E-state index contributed by atoms with van der Waals surface area (Å²) in [5.41, 5.74) is 1.00. The topological polar surface area (TPSA) is 63.7 Å². The van der Waals surface area contributed by atoms with Gasteiger partial charge in [0, 0.05) is 26.1 Å². The van der Waals surface area contributed by atoms with E-state index in [9.17, 15) is 13.2 Å². The summed E-state index contributed by atoms with van der Waals surface area (Å²) in [4.78, 5) is 11.2. The molecule has 0 fully saturated rings. The van der Waals surface area contributed by atoms with Gasteiger partial charge in [0.1, 0.15) is 6.10 Å². The molecule has 0 aliphatic rings. The fraction of sp³-hybridized carbons (Fsp3) is 0.438. The predicted octanol–water partition coefficient (Wildman–Crippen LogP) is 2.72. The molecular weight excluding hydrogens is 302 g/mol. The highest BCUT2D eigenvalue weighted by molar-refractivity contribution is 7.89. The fourth-order valence-electron chi connectivity index (χ4n) is 1.74. The van der Waals surface area contributed by atoms with Gasteiger partial charge in [-0.15, -0.1) is 0 Å². The monoisotopic (exact) mass is 325 g/mol. The molecule has 0 radical (unpaired) electrons. The lowest BCUT2D eigenvalue weighted by molar-refractivity contribution is -0.146. The van der Waals surface area contributed by atoms with Crippen LogP contribution in [0.3, 0.4) is 0 Å². The molecule has 122 valence electrons. The Morgan fingerprint density at radius 1 is 1.23 bits per heavy atom. The molecule has 0 aliphatic heterocycles. The van der Waals surface area contributed by atoms with Gasteiger partial charge in [-0.2, -0.15) is 0 Å². The highest BCUT2D eigenvalue weighted by Gasteiger charge is 2.18. The molecule has 0 heterocycles. The van der Waals surface area contributed by atoms with Crippen molar-refractivity contribution in [2.45, 2.75) is 38.7 Å². The molecule has 0 unspecified atom stereocenters. The highest BCUT2D eigenvalue weighted by atomic mass is 32.2. The average molecular weight is 325 g/mol. The van der Waals surface area contributed by atoms with Crippen LogP contribution in [0.1, 0.15) is 26.3 Å². The second-order valence-electron chi connectivity index (χ2n) is 5.35. The Balaban J connectivity index is 2.82. The van der Waals surface area contributed by atoms with Crippen LogP contribution < -0.4 is 0 Å². The van der Waals surface area contributed by atoms with Crippen molar-refractivity contribution < 1.29 is 17.9 Å². The summed E-state index contributed by atoms with van der Waals surface area (Å²) in [6.45, 7) is 6.88. The third-order valence-electron chi connectivity index (χ3n) is 3.39. The summed E-state index contributed by atoms with van der Waals surface area (Å²) in [7, 11) is -2.08. The third kappa shape index (κ3) is 4.87. The maximum Gasteiger partial charge on any atom is 0.302 e. The van der Waals surface area contributed by atoms with Gasteiger partial charge in [-0.05, 0) is 26.0 Å². The Morgan fingerprint density at radius 3 is 2.27 bits per heavy atom. The van der Waals surface area contributed by atoms with Crippen molar-refractivity contribution in [3.05, 3.63) is 42.1 Å². The minimum atomic E-state index is -3.56. The summed E-state index contributed by atoms with van der Waals surface area (Å²) in [5.74, 6) is -0.451. The van der Waals surface area contributed by atoms with Crippen LogP contribution in [0.15, 0.2) is 41.4 Å². The van der Waals surface area contributed by atoms with Crippen molar-refractivity contribution in [2.75, 3.05) is 7.05 Å². The smallest absolute Gasteiger partial charge is 0.302 e. The molecule has 0 amide bonds. The number of aryl methyl sites for hydroxylation is 1. The molecule has 1 aromatic carbocycles. The SMILES string of the molecule is CC(=O)O[C@H](C)[C@@H](C)/C=C\N(C)S(=O)(=O)c1ccc(C)cc1. The van der Waals surface area contributed by atoms with Crippen molar-refractivity contribution in [3.8, 4) is 0 Å². The third-order valence-corrected chi connectivity index (χ3v) is 5.14. The lowest BCUT2D eigenvalue weighted by Gasteiger charge is -2.19. The maximum absolute atomic E-state index is 12.4. The Bertz CT molecular complexity index is 635. The summed E-state index contributed by atoms with van der Waals surface area (Å²) in [5, 5.41) is 0. The molecule has 2 atom stereocenters. The molecule has 0 aromatic heterocycles. The van der Waals surface area contributed by atoms with Gasteiger partial charge in [-0.3, -0.25) is 9.10 Å². The number of carbonyl (C=O) groups excluding carboxylic acids is 1. The number of benzene rings is 1. The van der Waals surface area contributed by atoms with E-state index in [0.29, 0.717) is 0 Å². The van der Waals surface area contributed by atoms with Crippen LogP contribution in [0, 0.1) is 12.8 Å². The molecule has 1 rings (SSSR count). The molecule has 0 saturated heterocycles. The van der Waals surface area contributed by atoms with E-state index < -0.39 is 10.0 Å². The quantitative estimate of drug-likeness (QED) is 0.754. The number of esters is 1. The standard InChI is InChI=1S/C16H23NO4S/c1-12-6-8-16(9-7-12)22(19,20)17(5)11-10-13(2)14(3)21-15(4)18/h6-11,13-14H,1-5H3/b11-10-/t13-,14+/m0/s1. The largest absolute Gasteiger partial charge is 0.462 e. The lowest BCUT2D eigenvalue weighted by atomic mass is 10.1. The van der Waals surface area contributed by atoms with Crippen molar-refractivity contribution in [1.82, 2.24) is 4.31 Å². The average Bonchev–Trinajstić information content (AvgIpc) is 2.43. The van der Waals surface area contributed by atoms with Gasteiger partial charge in [0.15, 0.2) is 0 Å². The van der Waals surface area contributed by atoms with Gasteiger partial charge >= 0.3 is 5.97 Å². The van der Waals surface area contributed by atoms with Gasteiger partial charge in [0.25, 0.3) is 10.0 Å². The minimum Gasteiger partial charge on any atom is -0.462 e. The van der Waals surface area contributed by atoms with Crippen LogP contribution in [-0.4, -0.2) is 31.8 Å². The summed E-state index contributed by atoms with van der Waals surface area (Å²) in [6, 6.07) is 6.69. The second kappa shape index (κ2) is 7.45. The number of carbonyl (C=O) groups is 1. The first-order valence-electron chi connectivity index (χ1n) is 7.05. The zero-order valence-electron chi connectivity index (χ0n) is 13.6. The van der Waals surface area contributed by atoms with E-state index in [2.05, 4.69) is 0 Å². The normalized spacial score (nSPS) is 14.6. The van der Waals surface area contributed by atoms with E-state index in [0.717, 1.165) is 9.87 Å². The second-order valence-corrected chi connectivity index (χ2v) is 7.35. The number of hydrogen-bond acceptors (Lipinski definition) is 4. The van der Waals surface area contributed by atoms with Gasteiger partial charge in [-0.1, -0.05) is 30.7 Å². The Hall–Kier alpha value is -1.82. The van der Waals surface area contributed by atoms with Crippen LogP contribution >= 0.6 is 0 Å². The van der Waals surface area contributed by atoms with Crippen molar-refractivity contribution in [2.24, 2.45) is 5.92 Å². The lowest BCUT2D eigenvalue weighted by Crippen LogP contribution is -2.23. The van der Waals surface area contributed by atoms with E-state index >= 15 is 0 Å². The van der Waals surface area contributed by atoms with Crippen molar-refractivity contribution in [3.63, 3.8) is 0 Å². The van der Waals surface area contributed by atoms with E-state index in [-0.39, 0.29) is 22.9 Å². The van der Waals surface area contributed by atoms with Crippen molar-refractivity contribution >= 4 is 16.0 Å².